The molecule has 2 nitrogen and oxygen atoms in total. The molecule has 0 atom stereocenters. The van der Waals surface area contributed by atoms with Crippen molar-refractivity contribution in [2.75, 3.05) is 13.2 Å². The van der Waals surface area contributed by atoms with E-state index in [-0.39, 0.29) is 0 Å². The molecule has 0 bridgehead atoms. The highest BCUT2D eigenvalue weighted by molar-refractivity contribution is 6.66. The molecule has 0 aliphatic heterocycles. The highest BCUT2D eigenvalue weighted by Crippen LogP contribution is 2.28. The summed E-state index contributed by atoms with van der Waals surface area (Å²) in [5, 5.41) is 0. The van der Waals surface area contributed by atoms with Crippen molar-refractivity contribution in [1.82, 2.24) is 0 Å². The molecule has 0 aromatic carbocycles. The minimum Gasteiger partial charge on any atom is -0.395 e. The molecule has 0 aliphatic rings. The first-order valence-corrected chi connectivity index (χ1v) is 7.63. The molecule has 13 heavy (non-hydrogen) atoms. The molecule has 0 aromatic heterocycles. The van der Waals surface area contributed by atoms with Gasteiger partial charge in [-0.25, -0.2) is 0 Å². The van der Waals surface area contributed by atoms with Crippen molar-refractivity contribution in [3.8, 4) is 0 Å². The molecule has 0 saturated carbocycles. The van der Waals surface area contributed by atoms with E-state index < -0.39 is 8.56 Å². The van der Waals surface area contributed by atoms with Crippen molar-refractivity contribution < 1.29 is 8.85 Å². The SMILES string of the molecule is CCO[Si](C)(CC(C)(C)C)OCC. The molecule has 0 amide bonds. The monoisotopic (exact) mass is 204 g/mol. The summed E-state index contributed by atoms with van der Waals surface area (Å²) in [6, 6.07) is 1.06. The lowest BCUT2D eigenvalue weighted by molar-refractivity contribution is 0.177. The van der Waals surface area contributed by atoms with Crippen LogP contribution in [-0.2, 0) is 8.85 Å². The van der Waals surface area contributed by atoms with Crippen LogP contribution in [0.2, 0.25) is 12.6 Å². The van der Waals surface area contributed by atoms with E-state index in [1.54, 1.807) is 0 Å². The van der Waals surface area contributed by atoms with Crippen LogP contribution in [-0.4, -0.2) is 21.8 Å². The van der Waals surface area contributed by atoms with Crippen molar-refractivity contribution in [2.24, 2.45) is 5.41 Å². The smallest absolute Gasteiger partial charge is 0.335 e. The molecule has 0 aromatic rings. The summed E-state index contributed by atoms with van der Waals surface area (Å²) in [5.74, 6) is 0. The van der Waals surface area contributed by atoms with Gasteiger partial charge in [0.15, 0.2) is 0 Å². The molecule has 0 unspecified atom stereocenters. The Bertz CT molecular complexity index is 134. The first kappa shape index (κ1) is 13.1. The number of hydrogen-bond acceptors (Lipinski definition) is 2. The summed E-state index contributed by atoms with van der Waals surface area (Å²) in [7, 11) is -1.88. The molecule has 3 heteroatoms. The Balaban J connectivity index is 4.22. The fourth-order valence-electron chi connectivity index (χ4n) is 1.72. The summed E-state index contributed by atoms with van der Waals surface area (Å²) in [6.45, 7) is 14.4. The van der Waals surface area contributed by atoms with Crippen LogP contribution in [0.25, 0.3) is 0 Å². The zero-order valence-corrected chi connectivity index (χ0v) is 10.9. The van der Waals surface area contributed by atoms with Crippen LogP contribution in [0.1, 0.15) is 34.6 Å². The van der Waals surface area contributed by atoms with Crippen LogP contribution in [0, 0.1) is 5.41 Å². The Hall–Kier alpha value is 0.137. The zero-order chi connectivity index (χ0) is 10.5. The summed E-state index contributed by atoms with van der Waals surface area (Å²) in [6.07, 6.45) is 0. The average Bonchev–Trinajstić information content (AvgIpc) is 1.82. The van der Waals surface area contributed by atoms with Crippen LogP contribution >= 0.6 is 0 Å². The molecule has 0 saturated heterocycles. The van der Waals surface area contributed by atoms with Gasteiger partial charge in [-0.3, -0.25) is 0 Å². The summed E-state index contributed by atoms with van der Waals surface area (Å²) in [4.78, 5) is 0. The van der Waals surface area contributed by atoms with Crippen LogP contribution in [0.5, 0.6) is 0 Å². The second-order valence-electron chi connectivity index (χ2n) is 4.74. The molecule has 80 valence electrons. The fraction of sp³-hybridized carbons (Fsp3) is 1.00. The van der Waals surface area contributed by atoms with Crippen molar-refractivity contribution in [2.45, 2.75) is 47.2 Å². The van der Waals surface area contributed by atoms with Crippen molar-refractivity contribution in [3.63, 3.8) is 0 Å². The van der Waals surface area contributed by atoms with Gasteiger partial charge in [-0.05, 0) is 31.9 Å². The van der Waals surface area contributed by atoms with Crippen LogP contribution < -0.4 is 0 Å². The topological polar surface area (TPSA) is 18.5 Å². The lowest BCUT2D eigenvalue weighted by Crippen LogP contribution is -2.42. The van der Waals surface area contributed by atoms with Crippen molar-refractivity contribution in [3.05, 3.63) is 0 Å². The Morgan fingerprint density at radius 3 is 1.62 bits per heavy atom. The lowest BCUT2D eigenvalue weighted by Gasteiger charge is -2.32. The van der Waals surface area contributed by atoms with Gasteiger partial charge in [0.05, 0.1) is 0 Å². The highest BCUT2D eigenvalue weighted by atomic mass is 28.4. The van der Waals surface area contributed by atoms with Gasteiger partial charge in [-0.2, -0.15) is 0 Å². The van der Waals surface area contributed by atoms with Gasteiger partial charge in [0.25, 0.3) is 0 Å². The van der Waals surface area contributed by atoms with Crippen LogP contribution in [0.3, 0.4) is 0 Å². The van der Waals surface area contributed by atoms with E-state index in [2.05, 4.69) is 27.3 Å². The molecule has 0 fully saturated rings. The summed E-state index contributed by atoms with van der Waals surface area (Å²) < 4.78 is 11.5. The molecule has 0 spiro atoms. The first-order valence-electron chi connectivity index (χ1n) is 5.11. The number of hydrogen-bond donors (Lipinski definition) is 0. The molecular formula is C10H24O2Si. The van der Waals surface area contributed by atoms with E-state index in [0.29, 0.717) is 5.41 Å². The van der Waals surface area contributed by atoms with E-state index in [4.69, 9.17) is 8.85 Å². The van der Waals surface area contributed by atoms with E-state index in [0.717, 1.165) is 19.3 Å². The number of rotatable bonds is 5. The molecule has 0 aliphatic carbocycles. The quantitative estimate of drug-likeness (QED) is 0.640. The van der Waals surface area contributed by atoms with E-state index in [9.17, 15) is 0 Å². The van der Waals surface area contributed by atoms with Gasteiger partial charge in [0.1, 0.15) is 0 Å². The molecule has 0 N–H and O–H groups in total. The second-order valence-corrected chi connectivity index (χ2v) is 7.94. The molecule has 0 rings (SSSR count). The predicted molar refractivity (Wildman–Crippen MR) is 59.1 cm³/mol. The second kappa shape index (κ2) is 5.13. The van der Waals surface area contributed by atoms with Gasteiger partial charge < -0.3 is 8.85 Å². The Morgan fingerprint density at radius 2 is 1.38 bits per heavy atom. The van der Waals surface area contributed by atoms with Crippen LogP contribution in [0.15, 0.2) is 0 Å². The largest absolute Gasteiger partial charge is 0.395 e. The standard InChI is InChI=1S/C10H24O2Si/c1-7-11-13(6,12-8-2)9-10(3,4)5/h7-9H2,1-6H3. The van der Waals surface area contributed by atoms with Crippen LogP contribution in [0.4, 0.5) is 0 Å². The predicted octanol–water partition coefficient (Wildman–Crippen LogP) is 3.18. The first-order chi connectivity index (χ1) is 5.83. The van der Waals surface area contributed by atoms with Gasteiger partial charge in [-0.1, -0.05) is 20.8 Å². The molecule has 0 radical (unpaired) electrons. The third-order valence-corrected chi connectivity index (χ3v) is 5.25. The Morgan fingerprint density at radius 1 is 1.00 bits per heavy atom. The van der Waals surface area contributed by atoms with Gasteiger partial charge in [0, 0.05) is 13.2 Å². The third kappa shape index (κ3) is 6.24. The Labute approximate surface area is 83.9 Å². The third-order valence-electron chi connectivity index (χ3n) is 1.75. The normalized spacial score (nSPS) is 13.4. The maximum Gasteiger partial charge on any atom is 0.335 e. The maximum atomic E-state index is 5.76. The zero-order valence-electron chi connectivity index (χ0n) is 9.94. The van der Waals surface area contributed by atoms with E-state index >= 15 is 0 Å². The van der Waals surface area contributed by atoms with Gasteiger partial charge >= 0.3 is 8.56 Å². The van der Waals surface area contributed by atoms with E-state index in [1.807, 2.05) is 13.8 Å². The lowest BCUT2D eigenvalue weighted by atomic mass is 10.0. The summed E-state index contributed by atoms with van der Waals surface area (Å²) >= 11 is 0. The minimum atomic E-state index is -1.88. The van der Waals surface area contributed by atoms with Crippen molar-refractivity contribution in [1.29, 1.82) is 0 Å². The van der Waals surface area contributed by atoms with Gasteiger partial charge in [-0.15, -0.1) is 0 Å². The Kier molecular flexibility index (Phi) is 5.18. The molecule has 0 heterocycles. The fourth-order valence-corrected chi connectivity index (χ4v) is 5.15. The average molecular weight is 204 g/mol. The summed E-state index contributed by atoms with van der Waals surface area (Å²) in [5.41, 5.74) is 0.297. The van der Waals surface area contributed by atoms with Crippen molar-refractivity contribution >= 4 is 8.56 Å². The highest BCUT2D eigenvalue weighted by Gasteiger charge is 2.35. The van der Waals surface area contributed by atoms with Gasteiger partial charge in [0.2, 0.25) is 0 Å². The maximum absolute atomic E-state index is 5.76. The minimum absolute atomic E-state index is 0.297. The molecular weight excluding hydrogens is 180 g/mol. The van der Waals surface area contributed by atoms with E-state index in [1.165, 1.54) is 0 Å².